The number of amides is 1. The second-order valence-electron chi connectivity index (χ2n) is 7.38. The maximum Gasteiger partial charge on any atom is 0.255 e. The minimum absolute atomic E-state index is 0.0590. The smallest absolute Gasteiger partial charge is 0.255 e. The summed E-state index contributed by atoms with van der Waals surface area (Å²) in [6, 6.07) is 18.3. The summed E-state index contributed by atoms with van der Waals surface area (Å²) in [6.45, 7) is 4.51. The Bertz CT molecular complexity index is 925. The van der Waals surface area contributed by atoms with Gasteiger partial charge in [-0.1, -0.05) is 48.0 Å². The van der Waals surface area contributed by atoms with Crippen molar-refractivity contribution in [1.82, 2.24) is 20.4 Å². The van der Waals surface area contributed by atoms with Crippen molar-refractivity contribution in [2.75, 3.05) is 13.1 Å². The number of nitrogens with one attached hydrogen (secondary N) is 2. The Morgan fingerprint density at radius 3 is 2.54 bits per heavy atom. The number of hydrogen-bond donors (Lipinski definition) is 2. The highest BCUT2D eigenvalue weighted by molar-refractivity contribution is 5.95. The van der Waals surface area contributed by atoms with Crippen LogP contribution in [0.1, 0.15) is 45.9 Å². The van der Waals surface area contributed by atoms with Crippen LogP contribution in [0.2, 0.25) is 0 Å². The SMILES string of the molecule is Cc1ccc(CNC(=O)c2cnn(-c3ccccc3)c2C2CCNCC2)cc1. The van der Waals surface area contributed by atoms with Crippen LogP contribution in [0.15, 0.2) is 60.8 Å². The summed E-state index contributed by atoms with van der Waals surface area (Å²) in [7, 11) is 0. The van der Waals surface area contributed by atoms with Gasteiger partial charge < -0.3 is 10.6 Å². The maximum absolute atomic E-state index is 13.0. The maximum atomic E-state index is 13.0. The summed E-state index contributed by atoms with van der Waals surface area (Å²) in [4.78, 5) is 13.0. The molecule has 0 spiro atoms. The van der Waals surface area contributed by atoms with Crippen molar-refractivity contribution in [1.29, 1.82) is 0 Å². The normalized spacial score (nSPS) is 14.8. The molecule has 144 valence electrons. The van der Waals surface area contributed by atoms with Gasteiger partial charge in [-0.05, 0) is 50.6 Å². The van der Waals surface area contributed by atoms with Crippen LogP contribution < -0.4 is 10.6 Å². The van der Waals surface area contributed by atoms with E-state index in [1.807, 2.05) is 35.0 Å². The van der Waals surface area contributed by atoms with Crippen LogP contribution in [-0.2, 0) is 6.54 Å². The number of aromatic nitrogens is 2. The van der Waals surface area contributed by atoms with E-state index in [0.29, 0.717) is 18.0 Å². The predicted molar refractivity (Wildman–Crippen MR) is 111 cm³/mol. The first kappa shape index (κ1) is 18.4. The molecule has 1 fully saturated rings. The fraction of sp³-hybridized carbons (Fsp3) is 0.304. The molecular formula is C23H26N4O. The zero-order chi connectivity index (χ0) is 19.3. The Morgan fingerprint density at radius 2 is 1.82 bits per heavy atom. The van der Waals surface area contributed by atoms with Crippen LogP contribution >= 0.6 is 0 Å². The van der Waals surface area contributed by atoms with E-state index >= 15 is 0 Å². The number of benzene rings is 2. The van der Waals surface area contributed by atoms with E-state index in [4.69, 9.17) is 0 Å². The molecule has 1 saturated heterocycles. The number of carbonyl (C=O) groups excluding carboxylic acids is 1. The molecule has 0 saturated carbocycles. The van der Waals surface area contributed by atoms with E-state index in [2.05, 4.69) is 46.9 Å². The fourth-order valence-corrected chi connectivity index (χ4v) is 3.78. The second kappa shape index (κ2) is 8.40. The largest absolute Gasteiger partial charge is 0.348 e. The number of aryl methyl sites for hydroxylation is 1. The minimum atomic E-state index is -0.0590. The Balaban J connectivity index is 1.61. The summed E-state index contributed by atoms with van der Waals surface area (Å²) >= 11 is 0. The average molecular weight is 374 g/mol. The third-order valence-corrected chi connectivity index (χ3v) is 5.35. The van der Waals surface area contributed by atoms with Crippen molar-refractivity contribution in [2.24, 2.45) is 0 Å². The first-order valence-electron chi connectivity index (χ1n) is 9.90. The summed E-state index contributed by atoms with van der Waals surface area (Å²) in [5, 5.41) is 11.1. The van der Waals surface area contributed by atoms with E-state index < -0.39 is 0 Å². The number of nitrogens with zero attached hydrogens (tertiary/aromatic N) is 2. The number of para-hydroxylation sites is 1. The molecule has 1 aliphatic rings. The number of hydrogen-bond acceptors (Lipinski definition) is 3. The minimum Gasteiger partial charge on any atom is -0.348 e. The molecule has 1 aromatic heterocycles. The molecule has 2 aromatic carbocycles. The van der Waals surface area contributed by atoms with Gasteiger partial charge >= 0.3 is 0 Å². The zero-order valence-corrected chi connectivity index (χ0v) is 16.2. The summed E-state index contributed by atoms with van der Waals surface area (Å²) in [5.74, 6) is 0.264. The summed E-state index contributed by atoms with van der Waals surface area (Å²) in [5.41, 5.74) is 5.01. The van der Waals surface area contributed by atoms with E-state index in [1.165, 1.54) is 5.56 Å². The standard InChI is InChI=1S/C23H26N4O/c1-17-7-9-18(10-8-17)15-25-23(28)21-16-26-27(20-5-3-2-4-6-20)22(21)19-11-13-24-14-12-19/h2-10,16,19,24H,11-15H2,1H3,(H,25,28). The molecular weight excluding hydrogens is 348 g/mol. The third kappa shape index (κ3) is 3.99. The van der Waals surface area contributed by atoms with E-state index in [-0.39, 0.29) is 5.91 Å². The van der Waals surface area contributed by atoms with Crippen LogP contribution in [0.4, 0.5) is 0 Å². The Labute approximate surface area is 165 Å². The molecule has 1 aliphatic heterocycles. The van der Waals surface area contributed by atoms with Crippen molar-refractivity contribution < 1.29 is 4.79 Å². The lowest BCUT2D eigenvalue weighted by Crippen LogP contribution is -2.30. The van der Waals surface area contributed by atoms with Crippen molar-refractivity contribution in [3.05, 3.63) is 83.2 Å². The summed E-state index contributed by atoms with van der Waals surface area (Å²) in [6.07, 6.45) is 3.74. The quantitative estimate of drug-likeness (QED) is 0.718. The van der Waals surface area contributed by atoms with Gasteiger partial charge in [0.2, 0.25) is 0 Å². The van der Waals surface area contributed by atoms with Crippen molar-refractivity contribution >= 4 is 5.91 Å². The van der Waals surface area contributed by atoms with E-state index in [0.717, 1.165) is 42.9 Å². The van der Waals surface area contributed by atoms with E-state index in [9.17, 15) is 4.79 Å². The molecule has 1 amide bonds. The first-order valence-corrected chi connectivity index (χ1v) is 9.90. The van der Waals surface area contributed by atoms with Crippen LogP contribution in [0.25, 0.3) is 5.69 Å². The van der Waals surface area contributed by atoms with Gasteiger partial charge in [-0.15, -0.1) is 0 Å². The monoisotopic (exact) mass is 374 g/mol. The van der Waals surface area contributed by atoms with Gasteiger partial charge in [-0.3, -0.25) is 4.79 Å². The number of carbonyl (C=O) groups is 1. The van der Waals surface area contributed by atoms with Crippen molar-refractivity contribution in [3.8, 4) is 5.69 Å². The molecule has 28 heavy (non-hydrogen) atoms. The fourth-order valence-electron chi connectivity index (χ4n) is 3.78. The Morgan fingerprint density at radius 1 is 1.11 bits per heavy atom. The topological polar surface area (TPSA) is 59.0 Å². The highest BCUT2D eigenvalue weighted by Crippen LogP contribution is 2.30. The number of piperidine rings is 1. The lowest BCUT2D eigenvalue weighted by molar-refractivity contribution is 0.0949. The molecule has 5 nitrogen and oxygen atoms in total. The molecule has 2 heterocycles. The molecule has 0 atom stereocenters. The second-order valence-corrected chi connectivity index (χ2v) is 7.38. The highest BCUT2D eigenvalue weighted by atomic mass is 16.1. The van der Waals surface area contributed by atoms with Gasteiger partial charge in [0.05, 0.1) is 23.1 Å². The zero-order valence-electron chi connectivity index (χ0n) is 16.2. The van der Waals surface area contributed by atoms with Gasteiger partial charge in [0, 0.05) is 12.5 Å². The van der Waals surface area contributed by atoms with Crippen molar-refractivity contribution in [2.45, 2.75) is 32.2 Å². The van der Waals surface area contributed by atoms with Crippen LogP contribution in [0.3, 0.4) is 0 Å². The van der Waals surface area contributed by atoms with Crippen LogP contribution in [0, 0.1) is 6.92 Å². The first-order chi connectivity index (χ1) is 13.7. The van der Waals surface area contributed by atoms with Gasteiger partial charge in [0.1, 0.15) is 0 Å². The van der Waals surface area contributed by atoms with Crippen LogP contribution in [0.5, 0.6) is 0 Å². The molecule has 0 bridgehead atoms. The van der Waals surface area contributed by atoms with Gasteiger partial charge in [-0.2, -0.15) is 5.10 Å². The van der Waals surface area contributed by atoms with Crippen LogP contribution in [-0.4, -0.2) is 28.8 Å². The molecule has 2 N–H and O–H groups in total. The molecule has 4 rings (SSSR count). The Kier molecular flexibility index (Phi) is 5.53. The van der Waals surface area contributed by atoms with E-state index in [1.54, 1.807) is 6.20 Å². The molecule has 0 aliphatic carbocycles. The summed E-state index contributed by atoms with van der Waals surface area (Å²) < 4.78 is 1.94. The lowest BCUT2D eigenvalue weighted by Gasteiger charge is -2.24. The average Bonchev–Trinajstić information content (AvgIpc) is 3.20. The lowest BCUT2D eigenvalue weighted by atomic mass is 9.91. The predicted octanol–water partition coefficient (Wildman–Crippen LogP) is 3.58. The highest BCUT2D eigenvalue weighted by Gasteiger charge is 2.26. The molecule has 5 heteroatoms. The number of rotatable bonds is 5. The van der Waals surface area contributed by atoms with Crippen molar-refractivity contribution in [3.63, 3.8) is 0 Å². The molecule has 0 unspecified atom stereocenters. The third-order valence-electron chi connectivity index (χ3n) is 5.35. The molecule has 0 radical (unpaired) electrons. The Hall–Kier alpha value is -2.92. The van der Waals surface area contributed by atoms with Gasteiger partial charge in [0.25, 0.3) is 5.91 Å². The van der Waals surface area contributed by atoms with Gasteiger partial charge in [-0.25, -0.2) is 4.68 Å². The van der Waals surface area contributed by atoms with Gasteiger partial charge in [0.15, 0.2) is 0 Å². The molecule has 3 aromatic rings.